The van der Waals surface area contributed by atoms with E-state index in [9.17, 15) is 9.90 Å². The van der Waals surface area contributed by atoms with Crippen LogP contribution in [0.25, 0.3) is 0 Å². The molecule has 0 fully saturated rings. The minimum atomic E-state index is -2.06. The lowest BCUT2D eigenvalue weighted by Gasteiger charge is -2.38. The van der Waals surface area contributed by atoms with Gasteiger partial charge in [-0.05, 0) is 48.4 Å². The van der Waals surface area contributed by atoms with Crippen molar-refractivity contribution in [2.24, 2.45) is 0 Å². The van der Waals surface area contributed by atoms with E-state index in [1.54, 1.807) is 12.1 Å². The lowest BCUT2D eigenvalue weighted by molar-refractivity contribution is 0.0696. The molecule has 1 rings (SSSR count). The van der Waals surface area contributed by atoms with E-state index in [1.807, 2.05) is 6.07 Å². The van der Waals surface area contributed by atoms with Gasteiger partial charge in [-0.1, -0.05) is 41.5 Å². The highest BCUT2D eigenvalue weighted by atomic mass is 28.4. The van der Waals surface area contributed by atoms with Crippen molar-refractivity contribution >= 4 is 22.6 Å². The minimum absolute atomic E-state index is 0.0344. The van der Waals surface area contributed by atoms with Crippen molar-refractivity contribution in [3.05, 3.63) is 23.8 Å². The first kappa shape index (κ1) is 21.8. The topological polar surface area (TPSA) is 55.8 Å². The highest BCUT2D eigenvalue weighted by molar-refractivity contribution is 6.75. The summed E-state index contributed by atoms with van der Waals surface area (Å²) in [5.74, 6) is 0.196. The van der Waals surface area contributed by atoms with E-state index in [1.165, 1.54) is 0 Å². The molecule has 0 aliphatic heterocycles. The van der Waals surface area contributed by atoms with Gasteiger partial charge in [0.05, 0.1) is 5.56 Å². The van der Waals surface area contributed by atoms with Crippen molar-refractivity contribution < 1.29 is 18.8 Å². The number of aromatic carboxylic acids is 1. The zero-order chi connectivity index (χ0) is 19.8. The first-order valence-electron chi connectivity index (χ1n) is 8.73. The van der Waals surface area contributed by atoms with E-state index in [-0.39, 0.29) is 15.6 Å². The zero-order valence-electron chi connectivity index (χ0n) is 17.4. The number of carboxylic acid groups (broad SMARTS) is 1. The van der Waals surface area contributed by atoms with Crippen LogP contribution in [0.5, 0.6) is 11.5 Å². The Labute approximate surface area is 154 Å². The monoisotopic (exact) mass is 382 g/mol. The fourth-order valence-corrected chi connectivity index (χ4v) is 3.74. The van der Waals surface area contributed by atoms with E-state index in [0.29, 0.717) is 11.5 Å². The number of carbonyl (C=O) groups is 1. The molecule has 0 spiro atoms. The molecule has 1 aromatic rings. The Morgan fingerprint density at radius 2 is 1.12 bits per heavy atom. The molecule has 0 heterocycles. The molecule has 0 atom stereocenters. The second kappa shape index (κ2) is 6.80. The van der Waals surface area contributed by atoms with Gasteiger partial charge in [0.25, 0.3) is 0 Å². The van der Waals surface area contributed by atoms with E-state index >= 15 is 0 Å². The summed E-state index contributed by atoms with van der Waals surface area (Å²) in [5.41, 5.74) is 0.199. The average molecular weight is 383 g/mol. The Morgan fingerprint density at radius 3 is 1.36 bits per heavy atom. The van der Waals surface area contributed by atoms with Crippen LogP contribution in [0.4, 0.5) is 0 Å². The van der Waals surface area contributed by atoms with Crippen molar-refractivity contribution in [3.63, 3.8) is 0 Å². The standard InChI is InChI=1S/C19H34O4Si2/c1-18(2,3)24(7,8)22-15-11-14(17(20)21)12-16(13-15)23-25(9,10)19(4,5)6/h11-13H,1-10H3,(H,20,21). The molecule has 0 aliphatic rings. The van der Waals surface area contributed by atoms with Crippen molar-refractivity contribution in [3.8, 4) is 11.5 Å². The number of benzene rings is 1. The third-order valence-corrected chi connectivity index (χ3v) is 14.2. The lowest BCUT2D eigenvalue weighted by atomic mass is 10.2. The number of hydrogen-bond acceptors (Lipinski definition) is 3. The SMILES string of the molecule is CC(C)(C)[Si](C)(C)Oc1cc(O[Si](C)(C)C(C)(C)C)cc(C(=O)O)c1. The molecular weight excluding hydrogens is 348 g/mol. The molecule has 0 amide bonds. The third kappa shape index (κ3) is 5.35. The summed E-state index contributed by atoms with van der Waals surface area (Å²) >= 11 is 0. The van der Waals surface area contributed by atoms with Crippen molar-refractivity contribution in [1.82, 2.24) is 0 Å². The van der Waals surface area contributed by atoms with Gasteiger partial charge in [0, 0.05) is 6.07 Å². The van der Waals surface area contributed by atoms with Crippen LogP contribution in [-0.4, -0.2) is 27.7 Å². The molecule has 142 valence electrons. The summed E-state index contributed by atoms with van der Waals surface area (Å²) in [6, 6.07) is 5.04. The van der Waals surface area contributed by atoms with Gasteiger partial charge in [-0.25, -0.2) is 4.79 Å². The normalized spacial score (nSPS) is 13.5. The third-order valence-electron chi connectivity index (χ3n) is 5.49. The first-order valence-corrected chi connectivity index (χ1v) is 14.5. The molecule has 4 nitrogen and oxygen atoms in total. The second-order valence-corrected chi connectivity index (χ2v) is 19.2. The van der Waals surface area contributed by atoms with E-state index in [4.69, 9.17) is 8.85 Å². The summed E-state index contributed by atoms with van der Waals surface area (Å²) < 4.78 is 12.6. The maximum atomic E-state index is 11.5. The highest BCUT2D eigenvalue weighted by Crippen LogP contribution is 2.40. The van der Waals surface area contributed by atoms with Crippen LogP contribution in [0.15, 0.2) is 18.2 Å². The Balaban J connectivity index is 3.30. The van der Waals surface area contributed by atoms with Crippen LogP contribution >= 0.6 is 0 Å². The van der Waals surface area contributed by atoms with Crippen LogP contribution in [0.3, 0.4) is 0 Å². The van der Waals surface area contributed by atoms with E-state index < -0.39 is 22.6 Å². The molecule has 25 heavy (non-hydrogen) atoms. The van der Waals surface area contributed by atoms with Crippen molar-refractivity contribution in [2.75, 3.05) is 0 Å². The first-order chi connectivity index (χ1) is 11.0. The predicted molar refractivity (Wildman–Crippen MR) is 109 cm³/mol. The van der Waals surface area contributed by atoms with Crippen LogP contribution < -0.4 is 8.85 Å². The Morgan fingerprint density at radius 1 is 0.800 bits per heavy atom. The summed E-state index contributed by atoms with van der Waals surface area (Å²) in [6.07, 6.45) is 0. The molecule has 0 saturated heterocycles. The van der Waals surface area contributed by atoms with Gasteiger partial charge in [-0.15, -0.1) is 0 Å². The molecule has 6 heteroatoms. The number of rotatable bonds is 5. The Bertz CT molecular complexity index is 592. The molecule has 0 aliphatic carbocycles. The van der Waals surface area contributed by atoms with Crippen LogP contribution in [-0.2, 0) is 0 Å². The quantitative estimate of drug-likeness (QED) is 0.620. The van der Waals surface area contributed by atoms with Crippen LogP contribution in [0.1, 0.15) is 51.9 Å². The molecular formula is C19H34O4Si2. The van der Waals surface area contributed by atoms with Crippen molar-refractivity contribution in [2.45, 2.75) is 77.8 Å². The number of hydrogen-bond donors (Lipinski definition) is 1. The molecule has 1 aromatic carbocycles. The molecule has 1 N–H and O–H groups in total. The Kier molecular flexibility index (Phi) is 5.92. The highest BCUT2D eigenvalue weighted by Gasteiger charge is 2.40. The molecule has 0 unspecified atom stereocenters. The molecule has 0 bridgehead atoms. The van der Waals surface area contributed by atoms with Gasteiger partial charge in [0.1, 0.15) is 11.5 Å². The minimum Gasteiger partial charge on any atom is -0.543 e. The Hall–Kier alpha value is -1.28. The van der Waals surface area contributed by atoms with Crippen LogP contribution in [0.2, 0.25) is 36.3 Å². The summed E-state index contributed by atoms with van der Waals surface area (Å²) in [6.45, 7) is 21.6. The van der Waals surface area contributed by atoms with Gasteiger partial charge in [0.2, 0.25) is 16.6 Å². The fraction of sp³-hybridized carbons (Fsp3) is 0.632. The fourth-order valence-electron chi connectivity index (χ4n) is 1.71. The molecule has 0 aromatic heterocycles. The van der Waals surface area contributed by atoms with Gasteiger partial charge in [-0.3, -0.25) is 0 Å². The summed E-state index contributed by atoms with van der Waals surface area (Å²) in [5, 5.41) is 9.53. The zero-order valence-corrected chi connectivity index (χ0v) is 19.4. The van der Waals surface area contributed by atoms with Crippen LogP contribution in [0, 0.1) is 0 Å². The average Bonchev–Trinajstić information content (AvgIpc) is 2.34. The molecule has 0 saturated carbocycles. The summed E-state index contributed by atoms with van der Waals surface area (Å²) in [4.78, 5) is 11.5. The largest absolute Gasteiger partial charge is 0.543 e. The van der Waals surface area contributed by atoms with Gasteiger partial charge in [-0.2, -0.15) is 0 Å². The lowest BCUT2D eigenvalue weighted by Crippen LogP contribution is -2.44. The van der Waals surface area contributed by atoms with Gasteiger partial charge in [0.15, 0.2) is 0 Å². The maximum absolute atomic E-state index is 11.5. The van der Waals surface area contributed by atoms with E-state index in [0.717, 1.165) is 0 Å². The van der Waals surface area contributed by atoms with E-state index in [2.05, 4.69) is 67.7 Å². The second-order valence-electron chi connectivity index (χ2n) is 9.72. The maximum Gasteiger partial charge on any atom is 0.335 e. The van der Waals surface area contributed by atoms with Gasteiger partial charge >= 0.3 is 5.97 Å². The van der Waals surface area contributed by atoms with Crippen molar-refractivity contribution in [1.29, 1.82) is 0 Å². The molecule has 0 radical (unpaired) electrons. The summed E-state index contributed by atoms with van der Waals surface area (Å²) in [7, 11) is -4.12. The predicted octanol–water partition coefficient (Wildman–Crippen LogP) is 6.15. The smallest absolute Gasteiger partial charge is 0.335 e. The van der Waals surface area contributed by atoms with Gasteiger partial charge < -0.3 is 14.0 Å². The number of carboxylic acids is 1.